The summed E-state index contributed by atoms with van der Waals surface area (Å²) in [7, 11) is 0. The van der Waals surface area contributed by atoms with E-state index in [2.05, 4.69) is 9.72 Å². The van der Waals surface area contributed by atoms with Crippen molar-refractivity contribution in [2.24, 2.45) is 0 Å². The van der Waals surface area contributed by atoms with Crippen LogP contribution in [0.2, 0.25) is 0 Å². The van der Waals surface area contributed by atoms with E-state index in [1.165, 1.54) is 6.92 Å². The number of hydrogen-bond donors (Lipinski definition) is 0. The maximum Gasteiger partial charge on any atom is 0.433 e. The molecule has 0 aliphatic rings. The van der Waals surface area contributed by atoms with Gasteiger partial charge in [0.25, 0.3) is 6.43 Å². The number of rotatable bonds is 3. The second kappa shape index (κ2) is 5.28. The molecule has 100 valence electrons. The zero-order valence-corrected chi connectivity index (χ0v) is 9.09. The number of nitrogens with zero attached hydrogens (tertiary/aromatic N) is 1. The maximum absolute atomic E-state index is 12.5. The molecule has 0 aliphatic carbocycles. The van der Waals surface area contributed by atoms with E-state index < -0.39 is 35.5 Å². The normalized spacial score (nSPS) is 11.7. The SMILES string of the molecule is CCOC(=O)c1ccc(C(F)F)c(C(F)(F)F)n1. The van der Waals surface area contributed by atoms with Crippen LogP contribution in [0.3, 0.4) is 0 Å². The first-order valence-corrected chi connectivity index (χ1v) is 4.80. The Morgan fingerprint density at radius 1 is 1.39 bits per heavy atom. The molecule has 0 unspecified atom stereocenters. The molecule has 18 heavy (non-hydrogen) atoms. The van der Waals surface area contributed by atoms with E-state index >= 15 is 0 Å². The second-order valence-electron chi connectivity index (χ2n) is 3.15. The summed E-state index contributed by atoms with van der Waals surface area (Å²) in [6.45, 7) is 1.40. The minimum absolute atomic E-state index is 0.0571. The first-order valence-electron chi connectivity index (χ1n) is 4.80. The van der Waals surface area contributed by atoms with Crippen molar-refractivity contribution in [2.45, 2.75) is 19.5 Å². The minimum Gasteiger partial charge on any atom is -0.461 e. The molecule has 0 spiro atoms. The summed E-state index contributed by atoms with van der Waals surface area (Å²) in [5.41, 5.74) is -3.70. The van der Waals surface area contributed by atoms with E-state index in [9.17, 15) is 26.7 Å². The molecular weight excluding hydrogens is 261 g/mol. The number of aromatic nitrogens is 1. The van der Waals surface area contributed by atoms with Gasteiger partial charge in [-0.15, -0.1) is 0 Å². The van der Waals surface area contributed by atoms with Crippen LogP contribution in [0, 0.1) is 0 Å². The highest BCUT2D eigenvalue weighted by Crippen LogP contribution is 2.35. The summed E-state index contributed by atoms with van der Waals surface area (Å²) in [5, 5.41) is 0. The van der Waals surface area contributed by atoms with Gasteiger partial charge in [0.15, 0.2) is 5.69 Å². The van der Waals surface area contributed by atoms with E-state index in [1.54, 1.807) is 0 Å². The molecule has 0 fully saturated rings. The van der Waals surface area contributed by atoms with Gasteiger partial charge in [-0.2, -0.15) is 13.2 Å². The number of hydrogen-bond acceptors (Lipinski definition) is 3. The van der Waals surface area contributed by atoms with Crippen molar-refractivity contribution in [1.29, 1.82) is 0 Å². The van der Waals surface area contributed by atoms with Gasteiger partial charge >= 0.3 is 12.1 Å². The van der Waals surface area contributed by atoms with E-state index in [1.807, 2.05) is 0 Å². The Kier molecular flexibility index (Phi) is 4.20. The molecule has 0 aromatic carbocycles. The zero-order chi connectivity index (χ0) is 13.9. The predicted octanol–water partition coefficient (Wildman–Crippen LogP) is 3.21. The number of carbonyl (C=O) groups excluding carboxylic acids is 1. The standard InChI is InChI=1S/C10H8F5NO2/c1-2-18-9(17)6-4-3-5(8(11)12)7(16-6)10(13,14)15/h3-4,8H,2H2,1H3. The first-order chi connectivity index (χ1) is 8.27. The van der Waals surface area contributed by atoms with Crippen molar-refractivity contribution in [3.05, 3.63) is 29.1 Å². The Morgan fingerprint density at radius 2 is 2.00 bits per heavy atom. The molecule has 0 aliphatic heterocycles. The Bertz CT molecular complexity index is 444. The van der Waals surface area contributed by atoms with Crippen LogP contribution in [-0.4, -0.2) is 17.6 Å². The van der Waals surface area contributed by atoms with Crippen LogP contribution in [-0.2, 0) is 10.9 Å². The lowest BCUT2D eigenvalue weighted by Gasteiger charge is -2.12. The van der Waals surface area contributed by atoms with E-state index in [0.717, 1.165) is 6.07 Å². The summed E-state index contributed by atoms with van der Waals surface area (Å²) in [6.07, 6.45) is -8.39. The largest absolute Gasteiger partial charge is 0.461 e. The molecular formula is C10H8F5NO2. The van der Waals surface area contributed by atoms with Crippen molar-refractivity contribution in [2.75, 3.05) is 6.61 Å². The fourth-order valence-electron chi connectivity index (χ4n) is 1.19. The van der Waals surface area contributed by atoms with Gasteiger partial charge < -0.3 is 4.74 Å². The molecule has 8 heteroatoms. The van der Waals surface area contributed by atoms with Crippen molar-refractivity contribution in [3.63, 3.8) is 0 Å². The fourth-order valence-corrected chi connectivity index (χ4v) is 1.19. The Hall–Kier alpha value is -1.73. The third-order valence-electron chi connectivity index (χ3n) is 1.91. The quantitative estimate of drug-likeness (QED) is 0.624. The molecule has 0 N–H and O–H groups in total. The fraction of sp³-hybridized carbons (Fsp3) is 0.400. The second-order valence-corrected chi connectivity index (χ2v) is 3.15. The summed E-state index contributed by atoms with van der Waals surface area (Å²) < 4.78 is 66.7. The predicted molar refractivity (Wildman–Crippen MR) is 50.2 cm³/mol. The van der Waals surface area contributed by atoms with E-state index in [-0.39, 0.29) is 6.61 Å². The molecule has 1 aromatic rings. The molecule has 3 nitrogen and oxygen atoms in total. The lowest BCUT2D eigenvalue weighted by atomic mass is 10.1. The average Bonchev–Trinajstić information content (AvgIpc) is 2.27. The van der Waals surface area contributed by atoms with Gasteiger partial charge in [0.2, 0.25) is 0 Å². The molecule has 0 amide bonds. The van der Waals surface area contributed by atoms with Gasteiger partial charge in [-0.3, -0.25) is 0 Å². The van der Waals surface area contributed by atoms with E-state index in [4.69, 9.17) is 0 Å². The summed E-state index contributed by atoms with van der Waals surface area (Å²) in [4.78, 5) is 14.1. The molecule has 0 saturated heterocycles. The molecule has 0 saturated carbocycles. The Morgan fingerprint density at radius 3 is 2.44 bits per heavy atom. The van der Waals surface area contributed by atoms with Gasteiger partial charge in [0.05, 0.1) is 6.61 Å². The highest BCUT2D eigenvalue weighted by Gasteiger charge is 2.38. The van der Waals surface area contributed by atoms with Crippen molar-refractivity contribution in [1.82, 2.24) is 4.98 Å². The number of pyridine rings is 1. The van der Waals surface area contributed by atoms with Crippen molar-refractivity contribution >= 4 is 5.97 Å². The molecule has 0 atom stereocenters. The molecule has 0 bridgehead atoms. The smallest absolute Gasteiger partial charge is 0.433 e. The Labute approximate surface area is 98.6 Å². The van der Waals surface area contributed by atoms with Crippen LogP contribution in [0.25, 0.3) is 0 Å². The third-order valence-corrected chi connectivity index (χ3v) is 1.91. The van der Waals surface area contributed by atoms with Crippen LogP contribution in [0.4, 0.5) is 22.0 Å². The monoisotopic (exact) mass is 269 g/mol. The zero-order valence-electron chi connectivity index (χ0n) is 9.09. The Balaban J connectivity index is 3.26. The van der Waals surface area contributed by atoms with Crippen LogP contribution in [0.1, 0.15) is 35.1 Å². The molecule has 0 radical (unpaired) electrons. The van der Waals surface area contributed by atoms with Crippen LogP contribution < -0.4 is 0 Å². The number of alkyl halides is 5. The molecule has 1 aromatic heterocycles. The first kappa shape index (κ1) is 14.3. The number of carbonyl (C=O) groups is 1. The lowest BCUT2D eigenvalue weighted by Crippen LogP contribution is -2.16. The van der Waals surface area contributed by atoms with Gasteiger partial charge in [-0.1, -0.05) is 0 Å². The highest BCUT2D eigenvalue weighted by atomic mass is 19.4. The topological polar surface area (TPSA) is 39.2 Å². The van der Waals surface area contributed by atoms with Crippen LogP contribution in [0.15, 0.2) is 12.1 Å². The average molecular weight is 269 g/mol. The molecule has 1 rings (SSSR count). The highest BCUT2D eigenvalue weighted by molar-refractivity contribution is 5.87. The number of ether oxygens (including phenoxy) is 1. The lowest BCUT2D eigenvalue weighted by molar-refractivity contribution is -0.143. The van der Waals surface area contributed by atoms with Crippen LogP contribution in [0.5, 0.6) is 0 Å². The van der Waals surface area contributed by atoms with Crippen molar-refractivity contribution < 1.29 is 31.5 Å². The van der Waals surface area contributed by atoms with Gasteiger partial charge in [0.1, 0.15) is 5.69 Å². The summed E-state index contributed by atoms with van der Waals surface area (Å²) in [6, 6.07) is 1.29. The summed E-state index contributed by atoms with van der Waals surface area (Å²) in [5.74, 6) is -1.09. The summed E-state index contributed by atoms with van der Waals surface area (Å²) >= 11 is 0. The number of esters is 1. The van der Waals surface area contributed by atoms with Crippen LogP contribution >= 0.6 is 0 Å². The van der Waals surface area contributed by atoms with Gasteiger partial charge in [-0.25, -0.2) is 18.6 Å². The van der Waals surface area contributed by atoms with Crippen molar-refractivity contribution in [3.8, 4) is 0 Å². The number of halogens is 5. The van der Waals surface area contributed by atoms with E-state index in [0.29, 0.717) is 6.07 Å². The third kappa shape index (κ3) is 3.14. The maximum atomic E-state index is 12.5. The van der Waals surface area contributed by atoms with Gasteiger partial charge in [0, 0.05) is 5.56 Å². The minimum atomic E-state index is -5.06. The van der Waals surface area contributed by atoms with Gasteiger partial charge in [-0.05, 0) is 19.1 Å². The molecule has 1 heterocycles.